The Labute approximate surface area is 153 Å². The van der Waals surface area contributed by atoms with Crippen LogP contribution in [0.15, 0.2) is 23.0 Å². The van der Waals surface area contributed by atoms with Gasteiger partial charge in [-0.05, 0) is 41.7 Å². The molecule has 0 unspecified atom stereocenters. The topological polar surface area (TPSA) is 68.5 Å². The minimum Gasteiger partial charge on any atom is -0.481 e. The van der Waals surface area contributed by atoms with E-state index in [0.717, 1.165) is 6.07 Å². The van der Waals surface area contributed by atoms with Gasteiger partial charge in [-0.15, -0.1) is 0 Å². The number of aliphatic carboxylic acids is 1. The number of benzene rings is 1. The Bertz CT molecular complexity index is 976. The van der Waals surface area contributed by atoms with E-state index >= 15 is 0 Å². The summed E-state index contributed by atoms with van der Waals surface area (Å²) in [6, 6.07) is 4.02. The van der Waals surface area contributed by atoms with Crippen LogP contribution in [0, 0.1) is 6.92 Å². The number of carboxylic acids is 1. The molecule has 0 amide bonds. The Morgan fingerprint density at radius 3 is 2.56 bits per heavy atom. The molecule has 0 atom stereocenters. The van der Waals surface area contributed by atoms with Gasteiger partial charge in [0.1, 0.15) is 0 Å². The average Bonchev–Trinajstić information content (AvgIpc) is 3.06. The summed E-state index contributed by atoms with van der Waals surface area (Å²) in [5, 5.41) is 8.87. The van der Waals surface area contributed by atoms with Crippen molar-refractivity contribution >= 4 is 5.97 Å². The van der Waals surface area contributed by atoms with Crippen molar-refractivity contribution in [1.82, 2.24) is 4.57 Å². The highest BCUT2D eigenvalue weighted by molar-refractivity contribution is 5.73. The lowest BCUT2D eigenvalue weighted by molar-refractivity contribution is -0.138. The van der Waals surface area contributed by atoms with Crippen molar-refractivity contribution in [3.8, 4) is 11.1 Å². The van der Waals surface area contributed by atoms with Crippen LogP contribution in [0.5, 0.6) is 0 Å². The molecule has 0 spiro atoms. The number of carboxylic acid groups (broad SMARTS) is 1. The third kappa shape index (κ3) is 3.49. The summed E-state index contributed by atoms with van der Waals surface area (Å²) in [4.78, 5) is 23.5. The maximum absolute atomic E-state index is 13.6. The molecule has 1 aliphatic heterocycles. The number of aromatic nitrogens is 1. The monoisotopic (exact) mass is 381 g/mol. The molecular weight excluding hydrogens is 363 g/mol. The molecule has 144 valence electrons. The molecule has 0 radical (unpaired) electrons. The maximum Gasteiger partial charge on any atom is 0.417 e. The van der Waals surface area contributed by atoms with E-state index < -0.39 is 28.8 Å². The molecule has 0 saturated heterocycles. The average molecular weight is 381 g/mol. The SMILES string of the molecule is Cc1cc(C(F)(F)F)c(-c2ccc(CCC(=O)O)c3c2COC3)c(=O)n1C. The van der Waals surface area contributed by atoms with Crippen LogP contribution in [0.3, 0.4) is 0 Å². The lowest BCUT2D eigenvalue weighted by atomic mass is 9.90. The van der Waals surface area contributed by atoms with Crippen molar-refractivity contribution in [2.45, 2.75) is 39.2 Å². The maximum atomic E-state index is 13.6. The minimum atomic E-state index is -4.68. The zero-order chi connectivity index (χ0) is 19.9. The number of pyridine rings is 1. The summed E-state index contributed by atoms with van der Waals surface area (Å²) in [7, 11) is 1.43. The van der Waals surface area contributed by atoms with Crippen LogP contribution in [0.25, 0.3) is 11.1 Å². The first-order valence-electron chi connectivity index (χ1n) is 8.32. The summed E-state index contributed by atoms with van der Waals surface area (Å²) in [5.74, 6) is -0.960. The van der Waals surface area contributed by atoms with Gasteiger partial charge in [0, 0.05) is 19.2 Å². The van der Waals surface area contributed by atoms with Crippen molar-refractivity contribution in [2.24, 2.45) is 7.05 Å². The highest BCUT2D eigenvalue weighted by Crippen LogP contribution is 2.39. The molecule has 2 aromatic rings. The zero-order valence-corrected chi connectivity index (χ0v) is 14.8. The number of hydrogen-bond acceptors (Lipinski definition) is 3. The van der Waals surface area contributed by atoms with Crippen molar-refractivity contribution in [1.29, 1.82) is 0 Å². The molecule has 5 nitrogen and oxygen atoms in total. The van der Waals surface area contributed by atoms with Gasteiger partial charge < -0.3 is 14.4 Å². The fourth-order valence-corrected chi connectivity index (χ4v) is 3.36. The van der Waals surface area contributed by atoms with E-state index in [2.05, 4.69) is 0 Å². The van der Waals surface area contributed by atoms with Gasteiger partial charge in [0.25, 0.3) is 5.56 Å². The molecule has 0 fully saturated rings. The summed E-state index contributed by atoms with van der Waals surface area (Å²) >= 11 is 0. The Morgan fingerprint density at radius 1 is 1.26 bits per heavy atom. The standard InChI is InChI=1S/C19H18F3NO4/c1-10-7-15(19(20,21)22)17(18(26)23(10)2)12-5-3-11(4-6-16(24)25)13-8-27-9-14(12)13/h3,5,7H,4,6,8-9H2,1-2H3,(H,24,25). The van der Waals surface area contributed by atoms with Crippen LogP contribution in [-0.4, -0.2) is 15.6 Å². The van der Waals surface area contributed by atoms with Gasteiger partial charge in [-0.3, -0.25) is 9.59 Å². The number of alkyl halides is 3. The van der Waals surface area contributed by atoms with Gasteiger partial charge in [-0.2, -0.15) is 13.2 Å². The molecule has 27 heavy (non-hydrogen) atoms. The molecule has 3 rings (SSSR count). The van der Waals surface area contributed by atoms with E-state index in [1.165, 1.54) is 24.6 Å². The van der Waals surface area contributed by atoms with E-state index in [4.69, 9.17) is 9.84 Å². The lowest BCUT2D eigenvalue weighted by Gasteiger charge is -2.18. The molecule has 8 heteroatoms. The van der Waals surface area contributed by atoms with Gasteiger partial charge in [-0.1, -0.05) is 12.1 Å². The Kier molecular flexibility index (Phi) is 4.86. The number of carbonyl (C=O) groups is 1. The fraction of sp³-hybridized carbons (Fsp3) is 0.368. The van der Waals surface area contributed by atoms with E-state index in [-0.39, 0.29) is 37.3 Å². The van der Waals surface area contributed by atoms with E-state index in [1.54, 1.807) is 6.07 Å². The number of nitrogens with zero attached hydrogens (tertiary/aromatic N) is 1. The highest BCUT2D eigenvalue weighted by atomic mass is 19.4. The van der Waals surface area contributed by atoms with Gasteiger partial charge >= 0.3 is 12.1 Å². The molecule has 1 N–H and O–H groups in total. The van der Waals surface area contributed by atoms with E-state index in [0.29, 0.717) is 16.7 Å². The molecule has 1 aromatic carbocycles. The van der Waals surface area contributed by atoms with Crippen molar-refractivity contribution in [3.63, 3.8) is 0 Å². The molecule has 1 aliphatic rings. The second-order valence-electron chi connectivity index (χ2n) is 6.55. The quantitative estimate of drug-likeness (QED) is 0.881. The highest BCUT2D eigenvalue weighted by Gasteiger charge is 2.37. The summed E-state index contributed by atoms with van der Waals surface area (Å²) in [6.07, 6.45) is -4.52. The van der Waals surface area contributed by atoms with Gasteiger partial charge in [0.15, 0.2) is 0 Å². The molecule has 0 bridgehead atoms. The van der Waals surface area contributed by atoms with Gasteiger partial charge in [0.05, 0.1) is 24.3 Å². The lowest BCUT2D eigenvalue weighted by Crippen LogP contribution is -2.26. The first kappa shape index (κ1) is 19.2. The first-order chi connectivity index (χ1) is 12.6. The summed E-state index contributed by atoms with van der Waals surface area (Å²) < 4.78 is 47.5. The smallest absolute Gasteiger partial charge is 0.417 e. The van der Waals surface area contributed by atoms with E-state index in [9.17, 15) is 22.8 Å². The number of halogens is 3. The number of fused-ring (bicyclic) bond motifs is 1. The van der Waals surface area contributed by atoms with Crippen LogP contribution in [0.4, 0.5) is 13.2 Å². The summed E-state index contributed by atoms with van der Waals surface area (Å²) in [6.45, 7) is 1.72. The van der Waals surface area contributed by atoms with Crippen molar-refractivity contribution < 1.29 is 27.8 Å². The largest absolute Gasteiger partial charge is 0.481 e. The minimum absolute atomic E-state index is 0.0832. The van der Waals surface area contributed by atoms with Crippen LogP contribution in [0.1, 0.15) is 34.4 Å². The van der Waals surface area contributed by atoms with Crippen LogP contribution < -0.4 is 5.56 Å². The Morgan fingerprint density at radius 2 is 1.93 bits per heavy atom. The number of hydrogen-bond donors (Lipinski definition) is 1. The normalized spacial score (nSPS) is 13.7. The van der Waals surface area contributed by atoms with Crippen LogP contribution in [-0.2, 0) is 42.4 Å². The molecule has 1 aromatic heterocycles. The summed E-state index contributed by atoms with van der Waals surface area (Å²) in [5.41, 5.74) is 0.198. The predicted molar refractivity (Wildman–Crippen MR) is 91.3 cm³/mol. The van der Waals surface area contributed by atoms with E-state index in [1.807, 2.05) is 0 Å². The van der Waals surface area contributed by atoms with Gasteiger partial charge in [-0.25, -0.2) is 0 Å². The van der Waals surface area contributed by atoms with Crippen LogP contribution >= 0.6 is 0 Å². The Balaban J connectivity index is 2.24. The van der Waals surface area contributed by atoms with Gasteiger partial charge in [0.2, 0.25) is 0 Å². The Hall–Kier alpha value is -2.61. The first-order valence-corrected chi connectivity index (χ1v) is 8.32. The molecule has 0 aliphatic carbocycles. The predicted octanol–water partition coefficient (Wildman–Crippen LogP) is 3.43. The fourth-order valence-electron chi connectivity index (χ4n) is 3.36. The third-order valence-corrected chi connectivity index (χ3v) is 4.87. The van der Waals surface area contributed by atoms with Crippen molar-refractivity contribution in [3.05, 3.63) is 56.5 Å². The second-order valence-corrected chi connectivity index (χ2v) is 6.55. The van der Waals surface area contributed by atoms with Crippen molar-refractivity contribution in [2.75, 3.05) is 0 Å². The number of aryl methyl sites for hydroxylation is 2. The molecule has 0 saturated carbocycles. The third-order valence-electron chi connectivity index (χ3n) is 4.87. The number of rotatable bonds is 4. The zero-order valence-electron chi connectivity index (χ0n) is 14.8. The second kappa shape index (κ2) is 6.84. The molecule has 2 heterocycles. The number of ether oxygens (including phenoxy) is 1. The molecular formula is C19H18F3NO4. The van der Waals surface area contributed by atoms with Crippen LogP contribution in [0.2, 0.25) is 0 Å².